The molecule has 2 aromatic rings. The van der Waals surface area contributed by atoms with Crippen molar-refractivity contribution >= 4 is 11.6 Å². The maximum atomic E-state index is 5.27. The van der Waals surface area contributed by atoms with Crippen molar-refractivity contribution in [1.29, 1.82) is 0 Å². The minimum atomic E-state index is 0.762. The van der Waals surface area contributed by atoms with E-state index in [1.165, 1.54) is 5.56 Å². The van der Waals surface area contributed by atoms with Crippen LogP contribution in [0.1, 0.15) is 17.0 Å². The first-order valence-electron chi connectivity index (χ1n) is 6.92. The van der Waals surface area contributed by atoms with E-state index >= 15 is 0 Å². The minimum Gasteiger partial charge on any atom is -0.497 e. The predicted octanol–water partition coefficient (Wildman–Crippen LogP) is 2.78. The second-order valence-electron chi connectivity index (χ2n) is 5.03. The van der Waals surface area contributed by atoms with Crippen molar-refractivity contribution in [1.82, 2.24) is 9.97 Å². The van der Waals surface area contributed by atoms with E-state index in [0.717, 1.165) is 35.3 Å². The summed E-state index contributed by atoms with van der Waals surface area (Å²) in [6.07, 6.45) is 0. The summed E-state index contributed by atoms with van der Waals surface area (Å²) in [5.74, 6) is 3.44. The average Bonchev–Trinajstić information content (AvgIpc) is 2.49. The summed E-state index contributed by atoms with van der Waals surface area (Å²) in [7, 11) is 5.59. The molecule has 5 nitrogen and oxygen atoms in total. The first-order valence-corrected chi connectivity index (χ1v) is 6.92. The summed E-state index contributed by atoms with van der Waals surface area (Å²) in [5, 5.41) is 3.12. The number of ether oxygens (including phenoxy) is 1. The topological polar surface area (TPSA) is 50.3 Å². The third-order valence-corrected chi connectivity index (χ3v) is 3.38. The Morgan fingerprint density at radius 3 is 2.67 bits per heavy atom. The Bertz CT molecular complexity index is 628. The molecule has 1 heterocycles. The molecule has 0 saturated heterocycles. The number of rotatable bonds is 5. The van der Waals surface area contributed by atoms with Crippen molar-refractivity contribution in [3.05, 3.63) is 41.2 Å². The van der Waals surface area contributed by atoms with Crippen LogP contribution in [0.3, 0.4) is 0 Å². The zero-order valence-corrected chi connectivity index (χ0v) is 13.3. The van der Waals surface area contributed by atoms with Gasteiger partial charge in [-0.05, 0) is 31.5 Å². The Hall–Kier alpha value is -2.30. The molecule has 0 spiro atoms. The van der Waals surface area contributed by atoms with Crippen LogP contribution in [0.2, 0.25) is 0 Å². The first kappa shape index (κ1) is 15.1. The van der Waals surface area contributed by atoms with Crippen LogP contribution in [0.4, 0.5) is 11.6 Å². The van der Waals surface area contributed by atoms with Gasteiger partial charge in [0.25, 0.3) is 0 Å². The molecule has 0 aliphatic rings. The summed E-state index contributed by atoms with van der Waals surface area (Å²) in [6.45, 7) is 4.70. The fraction of sp³-hybridized carbons (Fsp3) is 0.375. The Kier molecular flexibility index (Phi) is 4.62. The predicted molar refractivity (Wildman–Crippen MR) is 86.2 cm³/mol. The van der Waals surface area contributed by atoms with Gasteiger partial charge in [0.05, 0.1) is 7.11 Å². The zero-order valence-electron chi connectivity index (χ0n) is 13.3. The summed E-state index contributed by atoms with van der Waals surface area (Å²) in [4.78, 5) is 11.1. The SMILES string of the molecule is CNc1nc(C)nc(N(C)Cc2cccc(OC)c2)c1C. The molecule has 5 heteroatoms. The van der Waals surface area contributed by atoms with Gasteiger partial charge < -0.3 is 15.0 Å². The van der Waals surface area contributed by atoms with Crippen LogP contribution in [0.25, 0.3) is 0 Å². The Balaban J connectivity index is 2.27. The van der Waals surface area contributed by atoms with Crippen molar-refractivity contribution in [3.63, 3.8) is 0 Å². The zero-order chi connectivity index (χ0) is 15.4. The van der Waals surface area contributed by atoms with Crippen LogP contribution in [0, 0.1) is 13.8 Å². The van der Waals surface area contributed by atoms with Crippen molar-refractivity contribution in [2.24, 2.45) is 0 Å². The molecule has 0 radical (unpaired) electrons. The van der Waals surface area contributed by atoms with Gasteiger partial charge in [-0.2, -0.15) is 0 Å². The molecule has 0 bridgehead atoms. The van der Waals surface area contributed by atoms with Gasteiger partial charge in [0.15, 0.2) is 0 Å². The van der Waals surface area contributed by atoms with Crippen LogP contribution < -0.4 is 15.0 Å². The molecule has 1 N–H and O–H groups in total. The maximum absolute atomic E-state index is 5.27. The number of methoxy groups -OCH3 is 1. The molecule has 1 aromatic carbocycles. The molecule has 2 rings (SSSR count). The summed E-state index contributed by atoms with van der Waals surface area (Å²) in [6, 6.07) is 8.07. The van der Waals surface area contributed by atoms with E-state index in [2.05, 4.69) is 26.3 Å². The van der Waals surface area contributed by atoms with Crippen LogP contribution >= 0.6 is 0 Å². The number of hydrogen-bond acceptors (Lipinski definition) is 5. The number of benzene rings is 1. The number of nitrogens with zero attached hydrogens (tertiary/aromatic N) is 3. The monoisotopic (exact) mass is 286 g/mol. The van der Waals surface area contributed by atoms with Crippen LogP contribution in [-0.2, 0) is 6.54 Å². The molecule has 0 amide bonds. The second-order valence-corrected chi connectivity index (χ2v) is 5.03. The lowest BCUT2D eigenvalue weighted by Crippen LogP contribution is -2.20. The highest BCUT2D eigenvalue weighted by Gasteiger charge is 2.12. The highest BCUT2D eigenvalue weighted by Crippen LogP contribution is 2.24. The van der Waals surface area contributed by atoms with Crippen molar-refractivity contribution < 1.29 is 4.74 Å². The Morgan fingerprint density at radius 2 is 2.00 bits per heavy atom. The highest BCUT2D eigenvalue weighted by molar-refractivity contribution is 5.58. The third kappa shape index (κ3) is 3.42. The molecule has 0 aliphatic carbocycles. The number of aryl methyl sites for hydroxylation is 1. The lowest BCUT2D eigenvalue weighted by Gasteiger charge is -2.22. The standard InChI is InChI=1S/C16H22N4O/c1-11-15(17-3)18-12(2)19-16(11)20(4)10-13-7-6-8-14(9-13)21-5/h6-9H,10H2,1-5H3,(H,17,18,19). The van der Waals surface area contributed by atoms with E-state index < -0.39 is 0 Å². The van der Waals surface area contributed by atoms with Gasteiger partial charge >= 0.3 is 0 Å². The average molecular weight is 286 g/mol. The molecule has 0 unspecified atom stereocenters. The summed E-state index contributed by atoms with van der Waals surface area (Å²) >= 11 is 0. The van der Waals surface area contributed by atoms with Crippen molar-refractivity contribution in [2.45, 2.75) is 20.4 Å². The number of aromatic nitrogens is 2. The van der Waals surface area contributed by atoms with E-state index in [0.29, 0.717) is 0 Å². The number of hydrogen-bond donors (Lipinski definition) is 1. The quantitative estimate of drug-likeness (QED) is 0.916. The Labute approximate surface area is 126 Å². The number of nitrogens with one attached hydrogen (secondary N) is 1. The maximum Gasteiger partial charge on any atom is 0.137 e. The van der Waals surface area contributed by atoms with E-state index in [1.807, 2.05) is 46.1 Å². The van der Waals surface area contributed by atoms with Gasteiger partial charge in [0.1, 0.15) is 23.2 Å². The molecule has 21 heavy (non-hydrogen) atoms. The molecule has 0 fully saturated rings. The smallest absolute Gasteiger partial charge is 0.137 e. The molecule has 0 saturated carbocycles. The minimum absolute atomic E-state index is 0.762. The lowest BCUT2D eigenvalue weighted by atomic mass is 10.2. The van der Waals surface area contributed by atoms with Gasteiger partial charge in [-0.25, -0.2) is 9.97 Å². The van der Waals surface area contributed by atoms with Gasteiger partial charge in [-0.1, -0.05) is 12.1 Å². The van der Waals surface area contributed by atoms with Gasteiger partial charge in [0, 0.05) is 26.2 Å². The molecule has 1 aromatic heterocycles. The second kappa shape index (κ2) is 6.43. The molecule has 0 aliphatic heterocycles. The van der Waals surface area contributed by atoms with Crippen molar-refractivity contribution in [2.75, 3.05) is 31.4 Å². The normalized spacial score (nSPS) is 10.3. The molecular formula is C16H22N4O. The van der Waals surface area contributed by atoms with E-state index in [1.54, 1.807) is 7.11 Å². The Morgan fingerprint density at radius 1 is 1.24 bits per heavy atom. The largest absolute Gasteiger partial charge is 0.497 e. The van der Waals surface area contributed by atoms with E-state index in [9.17, 15) is 0 Å². The van der Waals surface area contributed by atoms with Crippen LogP contribution in [0.15, 0.2) is 24.3 Å². The number of anilines is 2. The fourth-order valence-corrected chi connectivity index (χ4v) is 2.35. The lowest BCUT2D eigenvalue weighted by molar-refractivity contribution is 0.414. The molecule has 0 atom stereocenters. The van der Waals surface area contributed by atoms with Gasteiger partial charge in [0.2, 0.25) is 0 Å². The van der Waals surface area contributed by atoms with Gasteiger partial charge in [-0.3, -0.25) is 0 Å². The fourth-order valence-electron chi connectivity index (χ4n) is 2.35. The van der Waals surface area contributed by atoms with E-state index in [4.69, 9.17) is 4.74 Å². The molecule has 112 valence electrons. The highest BCUT2D eigenvalue weighted by atomic mass is 16.5. The van der Waals surface area contributed by atoms with Crippen LogP contribution in [0.5, 0.6) is 5.75 Å². The third-order valence-electron chi connectivity index (χ3n) is 3.38. The first-order chi connectivity index (χ1) is 10.0. The summed E-state index contributed by atoms with van der Waals surface area (Å²) in [5.41, 5.74) is 2.23. The van der Waals surface area contributed by atoms with Crippen molar-refractivity contribution in [3.8, 4) is 5.75 Å². The molecular weight excluding hydrogens is 264 g/mol. The summed E-state index contributed by atoms with van der Waals surface area (Å²) < 4.78 is 5.27. The van der Waals surface area contributed by atoms with Gasteiger partial charge in [-0.15, -0.1) is 0 Å². The van der Waals surface area contributed by atoms with Crippen LogP contribution in [-0.4, -0.2) is 31.2 Å². The van der Waals surface area contributed by atoms with E-state index in [-0.39, 0.29) is 0 Å².